The minimum atomic E-state index is -0.681. The third kappa shape index (κ3) is 4.45. The van der Waals surface area contributed by atoms with E-state index in [1.807, 2.05) is 6.07 Å². The van der Waals surface area contributed by atoms with Gasteiger partial charge in [0.2, 0.25) is 0 Å². The van der Waals surface area contributed by atoms with Crippen LogP contribution in [-0.4, -0.2) is 25.2 Å². The minimum Gasteiger partial charge on any atom is -0.465 e. The summed E-state index contributed by atoms with van der Waals surface area (Å²) in [6.07, 6.45) is -0.681. The number of hydrogen-bond donors (Lipinski definition) is 1. The van der Waals surface area contributed by atoms with E-state index < -0.39 is 12.1 Å². The molecule has 16 heavy (non-hydrogen) atoms. The second-order valence-corrected chi connectivity index (χ2v) is 2.86. The number of carbonyl (C=O) groups excluding carboxylic acids is 2. The highest BCUT2D eigenvalue weighted by molar-refractivity contribution is 5.78. The van der Waals surface area contributed by atoms with E-state index in [-0.39, 0.29) is 13.2 Å². The number of esters is 1. The summed E-state index contributed by atoms with van der Waals surface area (Å²) < 4.78 is 9.52. The van der Waals surface area contributed by atoms with E-state index in [4.69, 9.17) is 4.74 Å². The fraction of sp³-hybridized carbons (Fsp3) is 0.273. The van der Waals surface area contributed by atoms with Crippen LogP contribution >= 0.6 is 0 Å². The summed E-state index contributed by atoms with van der Waals surface area (Å²) in [5.74, 6) is -0.0728. The van der Waals surface area contributed by atoms with E-state index in [1.54, 1.807) is 31.2 Å². The van der Waals surface area contributed by atoms with Gasteiger partial charge in [0.25, 0.3) is 0 Å². The monoisotopic (exact) mass is 223 g/mol. The molecule has 0 atom stereocenters. The van der Waals surface area contributed by atoms with Crippen molar-refractivity contribution in [2.75, 3.05) is 13.2 Å². The Labute approximate surface area is 93.4 Å². The maximum absolute atomic E-state index is 11.2. The maximum Gasteiger partial charge on any atom is 0.413 e. The molecule has 1 N–H and O–H groups in total. The van der Waals surface area contributed by atoms with E-state index in [2.05, 4.69) is 10.1 Å². The molecular formula is C11H13NO4. The van der Waals surface area contributed by atoms with Crippen LogP contribution in [0.4, 0.5) is 4.79 Å². The van der Waals surface area contributed by atoms with E-state index >= 15 is 0 Å². The van der Waals surface area contributed by atoms with Crippen molar-refractivity contribution >= 4 is 12.1 Å². The summed E-state index contributed by atoms with van der Waals surface area (Å²) in [5, 5.41) is 2.28. The molecule has 5 heteroatoms. The van der Waals surface area contributed by atoms with Crippen molar-refractivity contribution < 1.29 is 19.1 Å². The largest absolute Gasteiger partial charge is 0.465 e. The molecule has 0 aromatic heterocycles. The van der Waals surface area contributed by atoms with Crippen molar-refractivity contribution in [1.29, 1.82) is 0 Å². The average Bonchev–Trinajstić information content (AvgIpc) is 2.28. The van der Waals surface area contributed by atoms with Gasteiger partial charge in [-0.3, -0.25) is 4.79 Å². The van der Waals surface area contributed by atoms with Crippen molar-refractivity contribution in [1.82, 2.24) is 5.32 Å². The topological polar surface area (TPSA) is 64.6 Å². The van der Waals surface area contributed by atoms with E-state index in [1.165, 1.54) is 0 Å². The fourth-order valence-corrected chi connectivity index (χ4v) is 0.988. The lowest BCUT2D eigenvalue weighted by atomic mass is 10.3. The summed E-state index contributed by atoms with van der Waals surface area (Å²) in [7, 11) is 0. The van der Waals surface area contributed by atoms with Crippen LogP contribution in [-0.2, 0) is 9.53 Å². The molecule has 0 bridgehead atoms. The van der Waals surface area contributed by atoms with Crippen LogP contribution in [0.5, 0.6) is 5.75 Å². The lowest BCUT2D eigenvalue weighted by Gasteiger charge is -2.05. The number of benzene rings is 1. The second-order valence-electron chi connectivity index (χ2n) is 2.86. The zero-order valence-corrected chi connectivity index (χ0v) is 8.93. The third-order valence-electron chi connectivity index (χ3n) is 1.64. The first-order chi connectivity index (χ1) is 7.72. The van der Waals surface area contributed by atoms with Gasteiger partial charge in [-0.15, -0.1) is 0 Å². The summed E-state index contributed by atoms with van der Waals surface area (Å²) in [4.78, 5) is 22.1. The van der Waals surface area contributed by atoms with E-state index in [0.717, 1.165) is 0 Å². The molecule has 0 spiro atoms. The molecule has 1 aromatic carbocycles. The number of nitrogens with one attached hydrogen (secondary N) is 1. The Morgan fingerprint density at radius 3 is 2.56 bits per heavy atom. The van der Waals surface area contributed by atoms with Gasteiger partial charge in [0.1, 0.15) is 12.3 Å². The zero-order valence-electron chi connectivity index (χ0n) is 8.93. The average molecular weight is 223 g/mol. The second kappa shape index (κ2) is 6.44. The van der Waals surface area contributed by atoms with Crippen LogP contribution in [0.2, 0.25) is 0 Å². The summed E-state index contributed by atoms with van der Waals surface area (Å²) >= 11 is 0. The summed E-state index contributed by atoms with van der Waals surface area (Å²) in [5.41, 5.74) is 0. The van der Waals surface area contributed by atoms with Crippen molar-refractivity contribution in [2.24, 2.45) is 0 Å². The SMILES string of the molecule is CCOC(=O)CNC(=O)Oc1ccccc1. The molecular weight excluding hydrogens is 210 g/mol. The van der Waals surface area contributed by atoms with Crippen LogP contribution < -0.4 is 10.1 Å². The highest BCUT2D eigenvalue weighted by atomic mass is 16.6. The molecule has 0 unspecified atom stereocenters. The van der Waals surface area contributed by atoms with Crippen LogP contribution in [0.25, 0.3) is 0 Å². The van der Waals surface area contributed by atoms with E-state index in [0.29, 0.717) is 5.75 Å². The molecule has 0 aliphatic carbocycles. The molecule has 0 saturated carbocycles. The Bertz CT molecular complexity index is 350. The molecule has 86 valence electrons. The van der Waals surface area contributed by atoms with Crippen LogP contribution in [0.1, 0.15) is 6.92 Å². The molecule has 0 saturated heterocycles. The highest BCUT2D eigenvalue weighted by Crippen LogP contribution is 2.07. The van der Waals surface area contributed by atoms with Crippen molar-refractivity contribution in [3.05, 3.63) is 30.3 Å². The molecule has 1 rings (SSSR count). The number of para-hydroxylation sites is 1. The van der Waals surface area contributed by atoms with Gasteiger partial charge in [-0.2, -0.15) is 0 Å². The Kier molecular flexibility index (Phi) is 4.85. The Morgan fingerprint density at radius 1 is 1.25 bits per heavy atom. The highest BCUT2D eigenvalue weighted by Gasteiger charge is 2.07. The van der Waals surface area contributed by atoms with Gasteiger partial charge in [0, 0.05) is 0 Å². The zero-order chi connectivity index (χ0) is 11.8. The predicted molar refractivity (Wildman–Crippen MR) is 57.1 cm³/mol. The number of carbonyl (C=O) groups is 2. The first-order valence-electron chi connectivity index (χ1n) is 4.88. The maximum atomic E-state index is 11.2. The van der Waals surface area contributed by atoms with Gasteiger partial charge in [0.05, 0.1) is 6.61 Å². The molecule has 0 radical (unpaired) electrons. The minimum absolute atomic E-state index is 0.195. The molecule has 0 fully saturated rings. The smallest absolute Gasteiger partial charge is 0.413 e. The Hall–Kier alpha value is -2.04. The number of ether oxygens (including phenoxy) is 2. The Balaban J connectivity index is 2.29. The summed E-state index contributed by atoms with van der Waals surface area (Å²) in [6, 6.07) is 8.58. The third-order valence-corrected chi connectivity index (χ3v) is 1.64. The lowest BCUT2D eigenvalue weighted by Crippen LogP contribution is -2.32. The predicted octanol–water partition coefficient (Wildman–Crippen LogP) is 1.34. The number of rotatable bonds is 4. The fourth-order valence-electron chi connectivity index (χ4n) is 0.988. The van der Waals surface area contributed by atoms with Gasteiger partial charge in [-0.25, -0.2) is 4.79 Å². The quantitative estimate of drug-likeness (QED) is 0.782. The van der Waals surface area contributed by atoms with Gasteiger partial charge in [-0.1, -0.05) is 18.2 Å². The van der Waals surface area contributed by atoms with Crippen LogP contribution in [0.3, 0.4) is 0 Å². The number of hydrogen-bond acceptors (Lipinski definition) is 4. The molecule has 0 aliphatic rings. The normalized spacial score (nSPS) is 9.31. The summed E-state index contributed by atoms with van der Waals surface area (Å²) in [6.45, 7) is 1.79. The molecule has 0 aliphatic heterocycles. The first-order valence-corrected chi connectivity index (χ1v) is 4.88. The molecule has 1 aromatic rings. The van der Waals surface area contributed by atoms with Crippen molar-refractivity contribution in [3.8, 4) is 5.75 Å². The number of amides is 1. The van der Waals surface area contributed by atoms with Gasteiger partial charge >= 0.3 is 12.1 Å². The van der Waals surface area contributed by atoms with Gasteiger partial charge < -0.3 is 14.8 Å². The molecule has 5 nitrogen and oxygen atoms in total. The Morgan fingerprint density at radius 2 is 1.94 bits per heavy atom. The lowest BCUT2D eigenvalue weighted by molar-refractivity contribution is -0.141. The van der Waals surface area contributed by atoms with Crippen molar-refractivity contribution in [2.45, 2.75) is 6.92 Å². The van der Waals surface area contributed by atoms with Crippen LogP contribution in [0.15, 0.2) is 30.3 Å². The van der Waals surface area contributed by atoms with Gasteiger partial charge in [-0.05, 0) is 19.1 Å². The standard InChI is InChI=1S/C11H13NO4/c1-2-15-10(13)8-12-11(14)16-9-6-4-3-5-7-9/h3-7H,2,8H2,1H3,(H,12,14). The molecule has 0 heterocycles. The van der Waals surface area contributed by atoms with Crippen LogP contribution in [0, 0.1) is 0 Å². The van der Waals surface area contributed by atoms with E-state index in [9.17, 15) is 9.59 Å². The van der Waals surface area contributed by atoms with Crippen molar-refractivity contribution in [3.63, 3.8) is 0 Å². The first kappa shape index (κ1) is 12.0. The molecule has 1 amide bonds. The van der Waals surface area contributed by atoms with Gasteiger partial charge in [0.15, 0.2) is 0 Å².